The minimum Gasteiger partial charge on any atom is -0.496 e. The lowest BCUT2D eigenvalue weighted by atomic mass is 10.0. The van der Waals surface area contributed by atoms with Crippen LogP contribution >= 0.6 is 15.9 Å². The van der Waals surface area contributed by atoms with E-state index in [2.05, 4.69) is 21.0 Å². The molecule has 1 N–H and O–H groups in total. The molecule has 0 saturated carbocycles. The maximum Gasteiger partial charge on any atom is 0.125 e. The lowest BCUT2D eigenvalue weighted by molar-refractivity contribution is 0.163. The largest absolute Gasteiger partial charge is 0.496 e. The van der Waals surface area contributed by atoms with E-state index >= 15 is 0 Å². The number of aliphatic hydroxyl groups excluding tert-OH is 1. The second-order valence-corrected chi connectivity index (χ2v) is 5.38. The molecule has 0 aliphatic heterocycles. The van der Waals surface area contributed by atoms with Gasteiger partial charge in [-0.05, 0) is 30.5 Å². The molecule has 0 aliphatic rings. The highest BCUT2D eigenvalue weighted by Gasteiger charge is 2.14. The van der Waals surface area contributed by atoms with Crippen LogP contribution in [-0.4, -0.2) is 22.0 Å². The third-order valence-electron chi connectivity index (χ3n) is 3.02. The smallest absolute Gasteiger partial charge is 0.125 e. The maximum atomic E-state index is 10.3. The molecule has 1 unspecified atom stereocenters. The SMILES string of the molecule is COc1cc(Br)ccc1C(O)CCc1cnn(C)c1. The number of nitrogens with zero attached hydrogens (tertiary/aromatic N) is 2. The number of aliphatic hydroxyl groups is 1. The van der Waals surface area contributed by atoms with Crippen molar-refractivity contribution in [2.45, 2.75) is 18.9 Å². The van der Waals surface area contributed by atoms with Crippen LogP contribution in [0.15, 0.2) is 35.1 Å². The van der Waals surface area contributed by atoms with Crippen molar-refractivity contribution in [3.63, 3.8) is 0 Å². The van der Waals surface area contributed by atoms with Gasteiger partial charge < -0.3 is 9.84 Å². The normalized spacial score (nSPS) is 12.4. The Labute approximate surface area is 121 Å². The third kappa shape index (κ3) is 3.58. The summed E-state index contributed by atoms with van der Waals surface area (Å²) in [5, 5.41) is 14.4. The van der Waals surface area contributed by atoms with Crippen LogP contribution in [0, 0.1) is 0 Å². The summed E-state index contributed by atoms with van der Waals surface area (Å²) in [5.74, 6) is 0.702. The van der Waals surface area contributed by atoms with E-state index in [1.54, 1.807) is 11.8 Å². The second kappa shape index (κ2) is 6.21. The highest BCUT2D eigenvalue weighted by molar-refractivity contribution is 9.10. The van der Waals surface area contributed by atoms with E-state index in [4.69, 9.17) is 4.74 Å². The lowest BCUT2D eigenvalue weighted by Crippen LogP contribution is -2.02. The number of ether oxygens (including phenoxy) is 1. The van der Waals surface area contributed by atoms with E-state index in [0.29, 0.717) is 12.2 Å². The molecular weight excluding hydrogens is 308 g/mol. The second-order valence-electron chi connectivity index (χ2n) is 4.46. The first-order valence-electron chi connectivity index (χ1n) is 6.09. The number of benzene rings is 1. The van der Waals surface area contributed by atoms with E-state index in [1.165, 1.54) is 0 Å². The number of rotatable bonds is 5. The van der Waals surface area contributed by atoms with Crippen molar-refractivity contribution in [2.75, 3.05) is 7.11 Å². The summed E-state index contributed by atoms with van der Waals surface area (Å²) >= 11 is 3.39. The molecule has 0 fully saturated rings. The standard InChI is InChI=1S/C14H17BrN2O2/c1-17-9-10(8-16-17)3-6-13(18)12-5-4-11(15)7-14(12)19-2/h4-5,7-9,13,18H,3,6H2,1-2H3. The number of aromatic nitrogens is 2. The maximum absolute atomic E-state index is 10.3. The van der Waals surface area contributed by atoms with Crippen LogP contribution in [0.5, 0.6) is 5.75 Å². The topological polar surface area (TPSA) is 47.3 Å². The number of halogens is 1. The first-order valence-corrected chi connectivity index (χ1v) is 6.88. The summed E-state index contributed by atoms with van der Waals surface area (Å²) in [6, 6.07) is 5.66. The molecule has 1 heterocycles. The molecule has 4 nitrogen and oxygen atoms in total. The van der Waals surface area contributed by atoms with E-state index in [0.717, 1.165) is 22.0 Å². The number of methoxy groups -OCH3 is 1. The molecule has 1 aromatic heterocycles. The zero-order chi connectivity index (χ0) is 13.8. The van der Waals surface area contributed by atoms with Gasteiger partial charge in [0.2, 0.25) is 0 Å². The molecule has 2 aromatic rings. The van der Waals surface area contributed by atoms with Crippen LogP contribution in [0.25, 0.3) is 0 Å². The van der Waals surface area contributed by atoms with Crippen molar-refractivity contribution < 1.29 is 9.84 Å². The van der Waals surface area contributed by atoms with Gasteiger partial charge in [0.1, 0.15) is 5.75 Å². The highest BCUT2D eigenvalue weighted by atomic mass is 79.9. The monoisotopic (exact) mass is 324 g/mol. The van der Waals surface area contributed by atoms with Crippen molar-refractivity contribution in [1.82, 2.24) is 9.78 Å². The molecule has 2 rings (SSSR count). The van der Waals surface area contributed by atoms with E-state index in [1.807, 2.05) is 37.6 Å². The van der Waals surface area contributed by atoms with Gasteiger partial charge in [0.25, 0.3) is 0 Å². The van der Waals surface area contributed by atoms with Gasteiger partial charge in [-0.15, -0.1) is 0 Å². The van der Waals surface area contributed by atoms with Crippen LogP contribution in [0.2, 0.25) is 0 Å². The minimum absolute atomic E-state index is 0.539. The van der Waals surface area contributed by atoms with Gasteiger partial charge >= 0.3 is 0 Å². The van der Waals surface area contributed by atoms with Crippen LogP contribution in [0.4, 0.5) is 0 Å². The summed E-state index contributed by atoms with van der Waals surface area (Å²) < 4.78 is 8.00. The van der Waals surface area contributed by atoms with Gasteiger partial charge in [-0.3, -0.25) is 4.68 Å². The number of hydrogen-bond donors (Lipinski definition) is 1. The highest BCUT2D eigenvalue weighted by Crippen LogP contribution is 2.30. The quantitative estimate of drug-likeness (QED) is 0.919. The van der Waals surface area contributed by atoms with Gasteiger partial charge in [0.05, 0.1) is 19.4 Å². The third-order valence-corrected chi connectivity index (χ3v) is 3.51. The van der Waals surface area contributed by atoms with Crippen molar-refractivity contribution in [3.8, 4) is 5.75 Å². The molecule has 0 radical (unpaired) electrons. The van der Waals surface area contributed by atoms with Gasteiger partial charge in [-0.1, -0.05) is 22.0 Å². The van der Waals surface area contributed by atoms with Crippen LogP contribution < -0.4 is 4.74 Å². The zero-order valence-electron chi connectivity index (χ0n) is 11.0. The summed E-state index contributed by atoms with van der Waals surface area (Å²) in [4.78, 5) is 0. The minimum atomic E-state index is -0.539. The van der Waals surface area contributed by atoms with Crippen LogP contribution in [-0.2, 0) is 13.5 Å². The van der Waals surface area contributed by atoms with Gasteiger partial charge in [0.15, 0.2) is 0 Å². The van der Waals surface area contributed by atoms with Crippen molar-refractivity contribution in [3.05, 3.63) is 46.2 Å². The molecule has 1 atom stereocenters. The Morgan fingerprint density at radius 2 is 2.26 bits per heavy atom. The number of hydrogen-bond acceptors (Lipinski definition) is 3. The van der Waals surface area contributed by atoms with Crippen molar-refractivity contribution >= 4 is 15.9 Å². The van der Waals surface area contributed by atoms with Gasteiger partial charge in [0, 0.05) is 23.3 Å². The fourth-order valence-corrected chi connectivity index (χ4v) is 2.36. The predicted octanol–water partition coefficient (Wildman–Crippen LogP) is 2.86. The number of aryl methyl sites for hydroxylation is 2. The first-order chi connectivity index (χ1) is 9.10. The molecule has 102 valence electrons. The molecular formula is C14H17BrN2O2. The summed E-state index contributed by atoms with van der Waals surface area (Å²) in [5.41, 5.74) is 1.94. The van der Waals surface area contributed by atoms with Crippen molar-refractivity contribution in [2.24, 2.45) is 7.05 Å². The van der Waals surface area contributed by atoms with Crippen LogP contribution in [0.1, 0.15) is 23.7 Å². The molecule has 0 saturated heterocycles. The molecule has 1 aromatic carbocycles. The summed E-state index contributed by atoms with van der Waals surface area (Å²) in [6.07, 6.45) is 4.68. The van der Waals surface area contributed by atoms with Gasteiger partial charge in [-0.2, -0.15) is 5.10 Å². The predicted molar refractivity (Wildman–Crippen MR) is 77.2 cm³/mol. The Kier molecular flexibility index (Phi) is 4.61. The molecule has 0 aliphatic carbocycles. The van der Waals surface area contributed by atoms with E-state index in [9.17, 15) is 5.11 Å². The Morgan fingerprint density at radius 3 is 2.89 bits per heavy atom. The lowest BCUT2D eigenvalue weighted by Gasteiger charge is -2.14. The summed E-state index contributed by atoms with van der Waals surface area (Å²) in [7, 11) is 3.50. The van der Waals surface area contributed by atoms with E-state index < -0.39 is 6.10 Å². The van der Waals surface area contributed by atoms with Crippen molar-refractivity contribution in [1.29, 1.82) is 0 Å². The Bertz CT molecular complexity index is 554. The Balaban J connectivity index is 2.05. The van der Waals surface area contributed by atoms with E-state index in [-0.39, 0.29) is 0 Å². The zero-order valence-corrected chi connectivity index (χ0v) is 12.6. The molecule has 0 amide bonds. The molecule has 0 spiro atoms. The molecule has 0 bridgehead atoms. The fourth-order valence-electron chi connectivity index (χ4n) is 2.02. The fraction of sp³-hybridized carbons (Fsp3) is 0.357. The average molecular weight is 325 g/mol. The van der Waals surface area contributed by atoms with Gasteiger partial charge in [-0.25, -0.2) is 0 Å². The molecule has 19 heavy (non-hydrogen) atoms. The van der Waals surface area contributed by atoms with Crippen LogP contribution in [0.3, 0.4) is 0 Å². The average Bonchev–Trinajstić information content (AvgIpc) is 2.81. The summed E-state index contributed by atoms with van der Waals surface area (Å²) in [6.45, 7) is 0. The first kappa shape index (κ1) is 14.1. The Morgan fingerprint density at radius 1 is 1.47 bits per heavy atom. The Hall–Kier alpha value is -1.33. The molecule has 5 heteroatoms.